The molecule has 3 nitrogen and oxygen atoms in total. The minimum absolute atomic E-state index is 0.104. The fourth-order valence-corrected chi connectivity index (χ4v) is 2.17. The fraction of sp³-hybridized carbons (Fsp3) is 0.235. The SMILES string of the molecule is Cc1cccc(CCNCc2cc(C(=O)O)ccc2F)c1. The molecule has 0 fully saturated rings. The number of aromatic carboxylic acids is 1. The zero-order valence-corrected chi connectivity index (χ0v) is 11.9. The van der Waals surface area contributed by atoms with Crippen molar-refractivity contribution in [3.63, 3.8) is 0 Å². The van der Waals surface area contributed by atoms with Gasteiger partial charge in [0.1, 0.15) is 5.82 Å². The number of nitrogens with one attached hydrogen (secondary N) is 1. The topological polar surface area (TPSA) is 49.3 Å². The van der Waals surface area contributed by atoms with Gasteiger partial charge in [-0.2, -0.15) is 0 Å². The molecule has 2 N–H and O–H groups in total. The summed E-state index contributed by atoms with van der Waals surface area (Å²) in [7, 11) is 0. The van der Waals surface area contributed by atoms with Crippen LogP contribution in [-0.4, -0.2) is 17.6 Å². The Morgan fingerprint density at radius 3 is 2.76 bits per heavy atom. The van der Waals surface area contributed by atoms with Crippen LogP contribution in [0.5, 0.6) is 0 Å². The van der Waals surface area contributed by atoms with Gasteiger partial charge in [-0.15, -0.1) is 0 Å². The molecule has 0 saturated heterocycles. The molecule has 0 spiro atoms. The molecule has 0 aliphatic rings. The molecule has 0 bridgehead atoms. The van der Waals surface area contributed by atoms with Gasteiger partial charge < -0.3 is 10.4 Å². The van der Waals surface area contributed by atoms with Gasteiger partial charge in [-0.1, -0.05) is 29.8 Å². The van der Waals surface area contributed by atoms with Gasteiger partial charge in [0.25, 0.3) is 0 Å². The zero-order valence-electron chi connectivity index (χ0n) is 11.9. The number of hydrogen-bond acceptors (Lipinski definition) is 2. The monoisotopic (exact) mass is 287 g/mol. The van der Waals surface area contributed by atoms with Crippen LogP contribution in [0.3, 0.4) is 0 Å². The number of carboxylic acid groups (broad SMARTS) is 1. The van der Waals surface area contributed by atoms with Crippen molar-refractivity contribution in [3.05, 3.63) is 70.5 Å². The van der Waals surface area contributed by atoms with E-state index in [2.05, 4.69) is 17.4 Å². The van der Waals surface area contributed by atoms with E-state index in [-0.39, 0.29) is 11.4 Å². The molecule has 110 valence electrons. The third-order valence-electron chi connectivity index (χ3n) is 3.28. The third-order valence-corrected chi connectivity index (χ3v) is 3.28. The summed E-state index contributed by atoms with van der Waals surface area (Å²) in [5.41, 5.74) is 2.92. The standard InChI is InChI=1S/C17H18FNO2/c1-12-3-2-4-13(9-12)7-8-19-11-15-10-14(17(20)21)5-6-16(15)18/h2-6,9-10,19H,7-8,11H2,1H3,(H,20,21). The first kappa shape index (κ1) is 15.2. The molecule has 21 heavy (non-hydrogen) atoms. The first-order valence-electron chi connectivity index (χ1n) is 6.84. The molecule has 0 atom stereocenters. The van der Waals surface area contributed by atoms with Crippen LogP contribution >= 0.6 is 0 Å². The second kappa shape index (κ2) is 6.99. The van der Waals surface area contributed by atoms with Crippen molar-refractivity contribution >= 4 is 5.97 Å². The van der Waals surface area contributed by atoms with E-state index >= 15 is 0 Å². The van der Waals surface area contributed by atoms with Crippen molar-refractivity contribution in [2.24, 2.45) is 0 Å². The first-order valence-corrected chi connectivity index (χ1v) is 6.84. The number of aryl methyl sites for hydroxylation is 1. The minimum atomic E-state index is -1.05. The summed E-state index contributed by atoms with van der Waals surface area (Å²) >= 11 is 0. The summed E-state index contributed by atoms with van der Waals surface area (Å²) in [6.07, 6.45) is 0.849. The summed E-state index contributed by atoms with van der Waals surface area (Å²) in [5.74, 6) is -1.43. The normalized spacial score (nSPS) is 10.6. The Labute approximate surface area is 123 Å². The smallest absolute Gasteiger partial charge is 0.335 e. The van der Waals surface area contributed by atoms with Crippen molar-refractivity contribution in [3.8, 4) is 0 Å². The Kier molecular flexibility index (Phi) is 5.06. The van der Waals surface area contributed by atoms with Gasteiger partial charge >= 0.3 is 5.97 Å². The van der Waals surface area contributed by atoms with Crippen molar-refractivity contribution in [1.82, 2.24) is 5.32 Å². The van der Waals surface area contributed by atoms with Crippen LogP contribution in [0, 0.1) is 12.7 Å². The molecule has 0 aliphatic heterocycles. The highest BCUT2D eigenvalue weighted by Crippen LogP contribution is 2.11. The second-order valence-corrected chi connectivity index (χ2v) is 5.03. The van der Waals surface area contributed by atoms with Crippen molar-refractivity contribution in [2.75, 3.05) is 6.54 Å². The minimum Gasteiger partial charge on any atom is -0.478 e. The largest absolute Gasteiger partial charge is 0.478 e. The van der Waals surface area contributed by atoms with E-state index < -0.39 is 5.97 Å². The second-order valence-electron chi connectivity index (χ2n) is 5.03. The van der Waals surface area contributed by atoms with Gasteiger partial charge in [0.15, 0.2) is 0 Å². The molecule has 4 heteroatoms. The van der Waals surface area contributed by atoms with Gasteiger partial charge in [-0.05, 0) is 43.7 Å². The van der Waals surface area contributed by atoms with Gasteiger partial charge in [-0.25, -0.2) is 9.18 Å². The van der Waals surface area contributed by atoms with E-state index in [0.717, 1.165) is 6.42 Å². The van der Waals surface area contributed by atoms with Gasteiger partial charge in [-0.3, -0.25) is 0 Å². The van der Waals surface area contributed by atoms with Crippen molar-refractivity contribution < 1.29 is 14.3 Å². The average Bonchev–Trinajstić information content (AvgIpc) is 2.45. The number of rotatable bonds is 6. The van der Waals surface area contributed by atoms with Crippen LogP contribution in [0.1, 0.15) is 27.0 Å². The highest BCUT2D eigenvalue weighted by Gasteiger charge is 2.07. The molecule has 0 radical (unpaired) electrons. The maximum absolute atomic E-state index is 13.6. The van der Waals surface area contributed by atoms with Crippen LogP contribution in [-0.2, 0) is 13.0 Å². The molecule has 0 amide bonds. The Hall–Kier alpha value is -2.20. The highest BCUT2D eigenvalue weighted by atomic mass is 19.1. The van der Waals surface area contributed by atoms with E-state index in [1.807, 2.05) is 19.1 Å². The summed E-state index contributed by atoms with van der Waals surface area (Å²) < 4.78 is 13.6. The number of halogens is 1. The maximum atomic E-state index is 13.6. The van der Waals surface area contributed by atoms with E-state index in [9.17, 15) is 9.18 Å². The Balaban J connectivity index is 1.88. The van der Waals surface area contributed by atoms with E-state index in [1.165, 1.54) is 29.3 Å². The first-order chi connectivity index (χ1) is 10.1. The van der Waals surface area contributed by atoms with Gasteiger partial charge in [0, 0.05) is 12.1 Å². The lowest BCUT2D eigenvalue weighted by Gasteiger charge is -2.07. The molecule has 0 aromatic heterocycles. The molecular weight excluding hydrogens is 269 g/mol. The van der Waals surface area contributed by atoms with E-state index in [0.29, 0.717) is 18.7 Å². The summed E-state index contributed by atoms with van der Waals surface area (Å²) in [5, 5.41) is 12.0. The maximum Gasteiger partial charge on any atom is 0.335 e. The Morgan fingerprint density at radius 2 is 2.05 bits per heavy atom. The molecule has 2 aromatic rings. The zero-order chi connectivity index (χ0) is 15.2. The molecule has 0 unspecified atom stereocenters. The molecule has 0 heterocycles. The van der Waals surface area contributed by atoms with Crippen LogP contribution in [0.2, 0.25) is 0 Å². The van der Waals surface area contributed by atoms with Crippen molar-refractivity contribution in [2.45, 2.75) is 19.9 Å². The predicted octanol–water partition coefficient (Wildman–Crippen LogP) is 3.16. The number of hydrogen-bond donors (Lipinski definition) is 2. The molecule has 0 saturated carbocycles. The average molecular weight is 287 g/mol. The fourth-order valence-electron chi connectivity index (χ4n) is 2.17. The van der Waals surface area contributed by atoms with Gasteiger partial charge in [0.05, 0.1) is 5.56 Å². The van der Waals surface area contributed by atoms with Crippen LogP contribution in [0.25, 0.3) is 0 Å². The Bertz CT molecular complexity index is 640. The third kappa shape index (κ3) is 4.39. The number of carbonyl (C=O) groups is 1. The lowest BCUT2D eigenvalue weighted by Crippen LogP contribution is -2.18. The van der Waals surface area contributed by atoms with E-state index in [4.69, 9.17) is 5.11 Å². The van der Waals surface area contributed by atoms with E-state index in [1.54, 1.807) is 0 Å². The lowest BCUT2D eigenvalue weighted by atomic mass is 10.1. The van der Waals surface area contributed by atoms with Crippen molar-refractivity contribution in [1.29, 1.82) is 0 Å². The molecule has 2 rings (SSSR count). The molecule has 0 aliphatic carbocycles. The molecule has 2 aromatic carbocycles. The van der Waals surface area contributed by atoms with Crippen LogP contribution < -0.4 is 5.32 Å². The lowest BCUT2D eigenvalue weighted by molar-refractivity contribution is 0.0696. The Morgan fingerprint density at radius 1 is 1.24 bits per heavy atom. The number of benzene rings is 2. The summed E-state index contributed by atoms with van der Waals surface area (Å²) in [6, 6.07) is 12.1. The van der Waals surface area contributed by atoms with Crippen LogP contribution in [0.15, 0.2) is 42.5 Å². The summed E-state index contributed by atoms with van der Waals surface area (Å²) in [4.78, 5) is 10.9. The highest BCUT2D eigenvalue weighted by molar-refractivity contribution is 5.87. The predicted molar refractivity (Wildman–Crippen MR) is 79.9 cm³/mol. The summed E-state index contributed by atoms with van der Waals surface area (Å²) in [6.45, 7) is 3.07. The molecular formula is C17H18FNO2. The quantitative estimate of drug-likeness (QED) is 0.802. The van der Waals surface area contributed by atoms with Crippen LogP contribution in [0.4, 0.5) is 4.39 Å². The van der Waals surface area contributed by atoms with Gasteiger partial charge in [0.2, 0.25) is 0 Å². The number of carboxylic acids is 1.